The largest absolute Gasteiger partial charge is 0.343 e. The summed E-state index contributed by atoms with van der Waals surface area (Å²) in [4.78, 5) is 28.5. The van der Waals surface area contributed by atoms with Gasteiger partial charge in [0.05, 0.1) is 6.54 Å². The average molecular weight is 316 g/mol. The number of hydrogen-bond acceptors (Lipinski definition) is 4. The second-order valence-electron chi connectivity index (χ2n) is 6.11. The molecule has 6 heteroatoms. The van der Waals surface area contributed by atoms with Crippen molar-refractivity contribution in [1.82, 2.24) is 20.4 Å². The Hall–Kier alpha value is -1.92. The Bertz CT molecular complexity index is 535. The molecule has 6 nitrogen and oxygen atoms in total. The van der Waals surface area contributed by atoms with E-state index in [1.165, 1.54) is 6.42 Å². The van der Waals surface area contributed by atoms with Gasteiger partial charge in [0.2, 0.25) is 5.91 Å². The highest BCUT2D eigenvalue weighted by Crippen LogP contribution is 2.12. The van der Waals surface area contributed by atoms with Crippen molar-refractivity contribution in [3.8, 4) is 0 Å². The molecule has 0 aromatic heterocycles. The predicted molar refractivity (Wildman–Crippen MR) is 88.2 cm³/mol. The van der Waals surface area contributed by atoms with Gasteiger partial charge in [0.25, 0.3) is 5.91 Å². The van der Waals surface area contributed by atoms with Crippen molar-refractivity contribution in [2.75, 3.05) is 45.8 Å². The Morgan fingerprint density at radius 3 is 2.52 bits per heavy atom. The van der Waals surface area contributed by atoms with Gasteiger partial charge in [0, 0.05) is 44.3 Å². The zero-order valence-electron chi connectivity index (χ0n) is 13.3. The summed E-state index contributed by atoms with van der Waals surface area (Å²) >= 11 is 0. The van der Waals surface area contributed by atoms with Crippen molar-refractivity contribution >= 4 is 11.8 Å². The van der Waals surface area contributed by atoms with E-state index in [1.807, 2.05) is 23.1 Å². The van der Waals surface area contributed by atoms with Gasteiger partial charge in [-0.05, 0) is 25.1 Å². The molecule has 0 spiro atoms. The van der Waals surface area contributed by atoms with Crippen LogP contribution in [-0.4, -0.2) is 73.5 Å². The van der Waals surface area contributed by atoms with Gasteiger partial charge in [-0.1, -0.05) is 18.2 Å². The molecule has 2 aliphatic heterocycles. The summed E-state index contributed by atoms with van der Waals surface area (Å²) in [5.74, 6) is -0.201. The van der Waals surface area contributed by atoms with E-state index < -0.39 is 0 Å². The highest BCUT2D eigenvalue weighted by molar-refractivity contribution is 5.96. The first-order chi connectivity index (χ1) is 11.2. The molecule has 2 N–H and O–H groups in total. The van der Waals surface area contributed by atoms with Gasteiger partial charge < -0.3 is 15.5 Å². The second-order valence-corrected chi connectivity index (χ2v) is 6.11. The molecule has 1 unspecified atom stereocenters. The van der Waals surface area contributed by atoms with Crippen LogP contribution in [0.2, 0.25) is 0 Å². The monoisotopic (exact) mass is 316 g/mol. The number of rotatable bonds is 4. The normalized spacial score (nSPS) is 22.1. The van der Waals surface area contributed by atoms with Gasteiger partial charge in [-0.25, -0.2) is 0 Å². The summed E-state index contributed by atoms with van der Waals surface area (Å²) in [6, 6.07) is 9.59. The molecule has 124 valence electrons. The minimum atomic E-state index is -0.199. The summed E-state index contributed by atoms with van der Waals surface area (Å²) in [7, 11) is 0. The molecule has 2 heterocycles. The zero-order chi connectivity index (χ0) is 16.1. The van der Waals surface area contributed by atoms with E-state index in [-0.39, 0.29) is 18.4 Å². The van der Waals surface area contributed by atoms with Gasteiger partial charge in [-0.2, -0.15) is 0 Å². The lowest BCUT2D eigenvalue weighted by Crippen LogP contribution is -2.54. The van der Waals surface area contributed by atoms with Crippen molar-refractivity contribution in [2.24, 2.45) is 0 Å². The lowest BCUT2D eigenvalue weighted by atomic mass is 10.2. The van der Waals surface area contributed by atoms with Gasteiger partial charge in [-0.3, -0.25) is 14.5 Å². The smallest absolute Gasteiger partial charge is 0.251 e. The third-order valence-electron chi connectivity index (χ3n) is 4.65. The van der Waals surface area contributed by atoms with Crippen molar-refractivity contribution in [3.05, 3.63) is 35.9 Å². The molecule has 1 aromatic carbocycles. The SMILES string of the molecule is O=C(NCC(=O)N1CCN(C2CCNC2)CC1)c1ccccc1. The summed E-state index contributed by atoms with van der Waals surface area (Å²) in [5.41, 5.74) is 0.582. The fourth-order valence-electron chi connectivity index (χ4n) is 3.25. The minimum Gasteiger partial charge on any atom is -0.343 e. The van der Waals surface area contributed by atoms with Crippen LogP contribution in [0.4, 0.5) is 0 Å². The van der Waals surface area contributed by atoms with Crippen LogP contribution < -0.4 is 10.6 Å². The first kappa shape index (κ1) is 16.0. The zero-order valence-corrected chi connectivity index (χ0v) is 13.3. The van der Waals surface area contributed by atoms with E-state index >= 15 is 0 Å². The highest BCUT2D eigenvalue weighted by atomic mass is 16.2. The molecular weight excluding hydrogens is 292 g/mol. The Balaban J connectivity index is 1.42. The van der Waals surface area contributed by atoms with Crippen molar-refractivity contribution in [2.45, 2.75) is 12.5 Å². The number of piperazine rings is 1. The molecule has 2 saturated heterocycles. The molecule has 0 saturated carbocycles. The van der Waals surface area contributed by atoms with E-state index in [9.17, 15) is 9.59 Å². The highest BCUT2D eigenvalue weighted by Gasteiger charge is 2.27. The van der Waals surface area contributed by atoms with E-state index in [2.05, 4.69) is 15.5 Å². The summed E-state index contributed by atoms with van der Waals surface area (Å²) in [6.45, 7) is 5.55. The molecule has 3 rings (SSSR count). The lowest BCUT2D eigenvalue weighted by Gasteiger charge is -2.37. The minimum absolute atomic E-state index is 0.00141. The summed E-state index contributed by atoms with van der Waals surface area (Å²) in [5, 5.41) is 6.09. The number of carbonyl (C=O) groups excluding carboxylic acids is 2. The van der Waals surface area contributed by atoms with Crippen LogP contribution in [0.3, 0.4) is 0 Å². The molecule has 1 aromatic rings. The molecular formula is C17H24N4O2. The van der Waals surface area contributed by atoms with Crippen LogP contribution >= 0.6 is 0 Å². The molecule has 23 heavy (non-hydrogen) atoms. The number of amides is 2. The summed E-state index contributed by atoms with van der Waals surface area (Å²) in [6.07, 6.45) is 1.20. The fraction of sp³-hybridized carbons (Fsp3) is 0.529. The maximum Gasteiger partial charge on any atom is 0.251 e. The first-order valence-corrected chi connectivity index (χ1v) is 8.30. The Labute approximate surface area is 136 Å². The number of nitrogens with one attached hydrogen (secondary N) is 2. The van der Waals surface area contributed by atoms with Crippen molar-refractivity contribution < 1.29 is 9.59 Å². The number of carbonyl (C=O) groups is 2. The molecule has 2 amide bonds. The third kappa shape index (κ3) is 4.09. The first-order valence-electron chi connectivity index (χ1n) is 8.30. The average Bonchev–Trinajstić information content (AvgIpc) is 3.15. The molecule has 0 aliphatic carbocycles. The number of benzene rings is 1. The molecule has 0 bridgehead atoms. The van der Waals surface area contributed by atoms with E-state index in [0.717, 1.165) is 39.3 Å². The van der Waals surface area contributed by atoms with Gasteiger partial charge in [-0.15, -0.1) is 0 Å². The van der Waals surface area contributed by atoms with Gasteiger partial charge in [0.1, 0.15) is 0 Å². The quantitative estimate of drug-likeness (QED) is 0.816. The van der Waals surface area contributed by atoms with Gasteiger partial charge in [0.15, 0.2) is 0 Å². The van der Waals surface area contributed by atoms with E-state index in [0.29, 0.717) is 11.6 Å². The number of nitrogens with zero attached hydrogens (tertiary/aromatic N) is 2. The maximum absolute atomic E-state index is 12.2. The van der Waals surface area contributed by atoms with Gasteiger partial charge >= 0.3 is 0 Å². The number of hydrogen-bond donors (Lipinski definition) is 2. The van der Waals surface area contributed by atoms with Crippen LogP contribution in [0.5, 0.6) is 0 Å². The predicted octanol–water partition coefficient (Wildman–Crippen LogP) is -0.0775. The van der Waals surface area contributed by atoms with Crippen molar-refractivity contribution in [3.63, 3.8) is 0 Å². The van der Waals surface area contributed by atoms with Crippen LogP contribution in [0.25, 0.3) is 0 Å². The molecule has 2 aliphatic rings. The van der Waals surface area contributed by atoms with Crippen molar-refractivity contribution in [1.29, 1.82) is 0 Å². The third-order valence-corrected chi connectivity index (χ3v) is 4.65. The lowest BCUT2D eigenvalue weighted by molar-refractivity contribution is -0.132. The van der Waals surface area contributed by atoms with Crippen LogP contribution in [-0.2, 0) is 4.79 Å². The Morgan fingerprint density at radius 2 is 1.87 bits per heavy atom. The molecule has 2 fully saturated rings. The second kappa shape index (κ2) is 7.57. The topological polar surface area (TPSA) is 64.7 Å². The summed E-state index contributed by atoms with van der Waals surface area (Å²) < 4.78 is 0. The maximum atomic E-state index is 12.2. The van der Waals surface area contributed by atoms with E-state index in [1.54, 1.807) is 12.1 Å². The Morgan fingerprint density at radius 1 is 1.13 bits per heavy atom. The van der Waals surface area contributed by atoms with Crippen LogP contribution in [0.1, 0.15) is 16.8 Å². The van der Waals surface area contributed by atoms with E-state index in [4.69, 9.17) is 0 Å². The molecule has 1 atom stereocenters. The Kier molecular flexibility index (Phi) is 5.25. The standard InChI is InChI=1S/C17H24N4O2/c22-16(13-19-17(23)14-4-2-1-3-5-14)21-10-8-20(9-11-21)15-6-7-18-12-15/h1-5,15,18H,6-13H2,(H,19,23). The van der Waals surface area contributed by atoms with Crippen LogP contribution in [0, 0.1) is 0 Å². The molecule has 0 radical (unpaired) electrons. The fourth-order valence-corrected chi connectivity index (χ4v) is 3.25. The van der Waals surface area contributed by atoms with Crippen LogP contribution in [0.15, 0.2) is 30.3 Å².